The van der Waals surface area contributed by atoms with Crippen molar-refractivity contribution in [3.05, 3.63) is 59.7 Å². The number of amides is 1. The molecule has 1 aliphatic carbocycles. The van der Waals surface area contributed by atoms with E-state index < -0.39 is 37.0 Å². The standard InChI is InChI=1S/C20H17F2NO4/c21-20(22)9-17(18(24)25)23(11-20)19(26)27-10-16-14-7-3-1-5-12(14)13-6-2-4-8-15(13)16/h1-8,16-17H,9-11H2,(H,24,25). The summed E-state index contributed by atoms with van der Waals surface area (Å²) in [5.74, 6) is -4.90. The summed E-state index contributed by atoms with van der Waals surface area (Å²) in [7, 11) is 0. The van der Waals surface area contributed by atoms with Crippen molar-refractivity contribution in [1.82, 2.24) is 4.90 Å². The minimum Gasteiger partial charge on any atom is -0.480 e. The largest absolute Gasteiger partial charge is 0.480 e. The van der Waals surface area contributed by atoms with Crippen molar-refractivity contribution in [2.24, 2.45) is 0 Å². The molecular formula is C20H17F2NO4. The van der Waals surface area contributed by atoms with E-state index in [-0.39, 0.29) is 12.5 Å². The topological polar surface area (TPSA) is 66.8 Å². The molecule has 4 rings (SSSR count). The molecule has 7 heteroatoms. The number of benzene rings is 2. The molecule has 0 saturated carbocycles. The van der Waals surface area contributed by atoms with Crippen LogP contribution in [0, 0.1) is 0 Å². The van der Waals surface area contributed by atoms with Gasteiger partial charge in [0.25, 0.3) is 5.92 Å². The van der Waals surface area contributed by atoms with Gasteiger partial charge in [0.15, 0.2) is 0 Å². The number of nitrogens with zero attached hydrogens (tertiary/aromatic N) is 1. The second-order valence-electron chi connectivity index (χ2n) is 6.85. The Labute approximate surface area is 154 Å². The van der Waals surface area contributed by atoms with E-state index in [4.69, 9.17) is 9.84 Å². The van der Waals surface area contributed by atoms with Crippen LogP contribution < -0.4 is 0 Å². The number of ether oxygens (including phenoxy) is 1. The Balaban J connectivity index is 1.54. The summed E-state index contributed by atoms with van der Waals surface area (Å²) in [6.07, 6.45) is -1.92. The molecule has 1 atom stereocenters. The Bertz CT molecular complexity index is 869. The molecule has 1 heterocycles. The van der Waals surface area contributed by atoms with E-state index >= 15 is 0 Å². The summed E-state index contributed by atoms with van der Waals surface area (Å²) in [6, 6.07) is 13.9. The maximum absolute atomic E-state index is 13.6. The van der Waals surface area contributed by atoms with Gasteiger partial charge in [-0.25, -0.2) is 18.4 Å². The van der Waals surface area contributed by atoms with Crippen LogP contribution in [0.3, 0.4) is 0 Å². The smallest absolute Gasteiger partial charge is 0.410 e. The van der Waals surface area contributed by atoms with Gasteiger partial charge >= 0.3 is 12.1 Å². The van der Waals surface area contributed by atoms with Crippen LogP contribution in [-0.2, 0) is 9.53 Å². The van der Waals surface area contributed by atoms with Crippen molar-refractivity contribution >= 4 is 12.1 Å². The Kier molecular flexibility index (Phi) is 4.09. The first-order valence-electron chi connectivity index (χ1n) is 8.59. The van der Waals surface area contributed by atoms with Crippen molar-refractivity contribution in [1.29, 1.82) is 0 Å². The van der Waals surface area contributed by atoms with Crippen molar-refractivity contribution in [2.75, 3.05) is 13.2 Å². The number of alkyl halides is 2. The second kappa shape index (κ2) is 6.33. The highest BCUT2D eigenvalue weighted by Gasteiger charge is 2.51. The Morgan fingerprint density at radius 3 is 2.19 bits per heavy atom. The van der Waals surface area contributed by atoms with Gasteiger partial charge in [-0.1, -0.05) is 48.5 Å². The number of rotatable bonds is 3. The zero-order valence-electron chi connectivity index (χ0n) is 14.3. The number of hydrogen-bond donors (Lipinski definition) is 1. The number of carbonyl (C=O) groups is 2. The minimum absolute atomic E-state index is 0.0404. The average Bonchev–Trinajstić information content (AvgIpc) is 3.14. The quantitative estimate of drug-likeness (QED) is 0.890. The number of hydrogen-bond acceptors (Lipinski definition) is 3. The van der Waals surface area contributed by atoms with Crippen molar-refractivity contribution in [3.63, 3.8) is 0 Å². The van der Waals surface area contributed by atoms with E-state index in [2.05, 4.69) is 0 Å². The van der Waals surface area contributed by atoms with E-state index in [1.165, 1.54) is 0 Å². The van der Waals surface area contributed by atoms with Crippen molar-refractivity contribution in [3.8, 4) is 11.1 Å². The third-order valence-corrected chi connectivity index (χ3v) is 5.13. The highest BCUT2D eigenvalue weighted by Crippen LogP contribution is 2.44. The van der Waals surface area contributed by atoms with Gasteiger partial charge in [0.1, 0.15) is 12.6 Å². The summed E-state index contributed by atoms with van der Waals surface area (Å²) < 4.78 is 32.5. The maximum atomic E-state index is 13.6. The van der Waals surface area contributed by atoms with Crippen LogP contribution in [0.25, 0.3) is 11.1 Å². The third kappa shape index (κ3) is 3.03. The number of halogens is 2. The zero-order chi connectivity index (χ0) is 19.2. The Morgan fingerprint density at radius 2 is 1.63 bits per heavy atom. The van der Waals surface area contributed by atoms with Crippen LogP contribution in [0.5, 0.6) is 0 Å². The SMILES string of the molecule is O=C(O)C1CC(F)(F)CN1C(=O)OCC1c2ccccc2-c2ccccc21. The fourth-order valence-corrected chi connectivity index (χ4v) is 3.91. The van der Waals surface area contributed by atoms with E-state index in [0.29, 0.717) is 4.90 Å². The molecule has 140 valence electrons. The normalized spacial score (nSPS) is 20.2. The number of carbonyl (C=O) groups excluding carboxylic acids is 1. The van der Waals surface area contributed by atoms with Gasteiger partial charge in [-0.2, -0.15) is 0 Å². The van der Waals surface area contributed by atoms with Gasteiger partial charge in [-0.15, -0.1) is 0 Å². The first-order valence-corrected chi connectivity index (χ1v) is 8.59. The lowest BCUT2D eigenvalue weighted by Gasteiger charge is -2.22. The van der Waals surface area contributed by atoms with Gasteiger partial charge in [-0.3, -0.25) is 4.90 Å². The molecular weight excluding hydrogens is 356 g/mol. The summed E-state index contributed by atoms with van der Waals surface area (Å²) in [5, 5.41) is 9.12. The number of aliphatic carboxylic acids is 1. The molecule has 27 heavy (non-hydrogen) atoms. The lowest BCUT2D eigenvalue weighted by Crippen LogP contribution is -2.41. The Hall–Kier alpha value is -2.96. The summed E-state index contributed by atoms with van der Waals surface area (Å²) in [4.78, 5) is 24.2. The third-order valence-electron chi connectivity index (χ3n) is 5.13. The molecule has 1 saturated heterocycles. The predicted molar refractivity (Wildman–Crippen MR) is 92.8 cm³/mol. The van der Waals surface area contributed by atoms with Crippen LogP contribution in [0.2, 0.25) is 0 Å². The average molecular weight is 373 g/mol. The summed E-state index contributed by atoms with van der Waals surface area (Å²) >= 11 is 0. The Morgan fingerprint density at radius 1 is 1.07 bits per heavy atom. The molecule has 2 aromatic carbocycles. The van der Waals surface area contributed by atoms with Crippen LogP contribution in [0.15, 0.2) is 48.5 Å². The number of carboxylic acid groups (broad SMARTS) is 1. The van der Waals surface area contributed by atoms with Crippen LogP contribution in [0.4, 0.5) is 13.6 Å². The monoisotopic (exact) mass is 373 g/mol. The highest BCUT2D eigenvalue weighted by molar-refractivity contribution is 5.82. The van der Waals surface area contributed by atoms with E-state index in [0.717, 1.165) is 22.3 Å². The molecule has 1 unspecified atom stereocenters. The molecule has 0 bridgehead atoms. The van der Waals surface area contributed by atoms with Gasteiger partial charge in [0, 0.05) is 12.3 Å². The molecule has 0 aromatic heterocycles. The molecule has 5 nitrogen and oxygen atoms in total. The second-order valence-corrected chi connectivity index (χ2v) is 6.85. The summed E-state index contributed by atoms with van der Waals surface area (Å²) in [5.41, 5.74) is 4.08. The van der Waals surface area contributed by atoms with Gasteiger partial charge in [0.2, 0.25) is 0 Å². The number of likely N-dealkylation sites (tertiary alicyclic amines) is 1. The summed E-state index contributed by atoms with van der Waals surface area (Å²) in [6.45, 7) is -0.984. The number of fused-ring (bicyclic) bond motifs is 3. The molecule has 1 fully saturated rings. The van der Waals surface area contributed by atoms with Crippen molar-refractivity contribution < 1.29 is 28.2 Å². The lowest BCUT2D eigenvalue weighted by atomic mass is 9.98. The van der Waals surface area contributed by atoms with Crippen LogP contribution in [0.1, 0.15) is 23.5 Å². The van der Waals surface area contributed by atoms with E-state index in [1.54, 1.807) is 0 Å². The molecule has 1 aliphatic heterocycles. The van der Waals surface area contributed by atoms with Crippen molar-refractivity contribution in [2.45, 2.75) is 24.3 Å². The van der Waals surface area contributed by atoms with Crippen LogP contribution >= 0.6 is 0 Å². The maximum Gasteiger partial charge on any atom is 0.410 e. The first kappa shape index (κ1) is 17.5. The van der Waals surface area contributed by atoms with Gasteiger partial charge in [-0.05, 0) is 22.3 Å². The fourth-order valence-electron chi connectivity index (χ4n) is 3.91. The molecule has 1 N–H and O–H groups in total. The molecule has 2 aliphatic rings. The molecule has 0 radical (unpaired) electrons. The molecule has 1 amide bonds. The van der Waals surface area contributed by atoms with E-state index in [9.17, 15) is 18.4 Å². The first-order chi connectivity index (χ1) is 12.9. The zero-order valence-corrected chi connectivity index (χ0v) is 14.3. The minimum atomic E-state index is -3.23. The fraction of sp³-hybridized carbons (Fsp3) is 0.300. The predicted octanol–water partition coefficient (Wildman–Crippen LogP) is 3.73. The number of carboxylic acids is 1. The molecule has 0 spiro atoms. The van der Waals surface area contributed by atoms with Gasteiger partial charge < -0.3 is 9.84 Å². The van der Waals surface area contributed by atoms with E-state index in [1.807, 2.05) is 48.5 Å². The molecule has 2 aromatic rings. The highest BCUT2D eigenvalue weighted by atomic mass is 19.3. The van der Waals surface area contributed by atoms with Gasteiger partial charge in [0.05, 0.1) is 6.54 Å². The van der Waals surface area contributed by atoms with Crippen LogP contribution in [-0.4, -0.2) is 47.2 Å². The lowest BCUT2D eigenvalue weighted by molar-refractivity contribution is -0.142.